The third kappa shape index (κ3) is 26.5. The van der Waals surface area contributed by atoms with E-state index in [1.54, 1.807) is 58.0 Å². The highest BCUT2D eigenvalue weighted by atomic mass is 32.1. The first-order chi connectivity index (χ1) is 35.8. The van der Waals surface area contributed by atoms with E-state index in [0.717, 1.165) is 0 Å². The molecule has 0 radical (unpaired) electrons. The number of hydrogen-bond acceptors (Lipinski definition) is 15. The lowest BCUT2D eigenvalue weighted by atomic mass is 9.96. The standard InChI is InChI=1S/C46H77N17O12S/c1-5-24(3)36(43(74)56-20-32(48)64)62-41(72)29(15-11-17-54-46(51)52)59-42(73)31(19-35(67)68)61-44(75)37(25(4)6-2)63-40(71)28(14-10-16-53-45(49)50)58-34(66)22-55-33(65)21-57-39(70)30(60-38(69)27(47)23-76)18-26-12-8-7-9-13-26/h7-9,12-13,24-25,27-31,36-37,76H,5-6,10-11,14-23,47H2,1-4H3,(H2,48,64)(H,55,65)(H,56,74)(H,57,70)(H,58,66)(H,59,73)(H,60,69)(H,61,75)(H,62,72)(H,63,71)(H,67,68)(H4,49,50,53)(H4,51,52,54)/t24-,25-,27-,28-,29-,30-,31-,36-,37-/m0/s1. The number of rotatable bonds is 36. The molecule has 30 heteroatoms. The van der Waals surface area contributed by atoms with E-state index in [2.05, 4.69) is 70.5 Å². The Bertz CT molecular complexity index is 2200. The van der Waals surface area contributed by atoms with Gasteiger partial charge in [-0.2, -0.15) is 12.6 Å². The van der Waals surface area contributed by atoms with E-state index in [4.69, 9.17) is 34.4 Å². The van der Waals surface area contributed by atoms with Gasteiger partial charge in [0.1, 0.15) is 36.3 Å². The highest BCUT2D eigenvalue weighted by Crippen LogP contribution is 2.13. The quantitative estimate of drug-likeness (QED) is 0.0129. The third-order valence-corrected chi connectivity index (χ3v) is 11.9. The van der Waals surface area contributed by atoms with Crippen molar-refractivity contribution < 1.29 is 57.8 Å². The second kappa shape index (κ2) is 35.4. The number of aliphatic carboxylic acids is 1. The lowest BCUT2D eigenvalue weighted by Crippen LogP contribution is -2.61. The van der Waals surface area contributed by atoms with E-state index in [1.165, 1.54) is 0 Å². The molecule has 10 amide bonds. The van der Waals surface area contributed by atoms with Crippen molar-refractivity contribution in [3.63, 3.8) is 0 Å². The summed E-state index contributed by atoms with van der Waals surface area (Å²) in [6.45, 7) is 4.84. The molecule has 9 atom stereocenters. The maximum Gasteiger partial charge on any atom is 0.305 e. The van der Waals surface area contributed by atoms with Crippen molar-refractivity contribution in [3.05, 3.63) is 35.9 Å². The van der Waals surface area contributed by atoms with Crippen LogP contribution >= 0.6 is 12.6 Å². The maximum absolute atomic E-state index is 14.1. The van der Waals surface area contributed by atoms with E-state index in [1.807, 2.05) is 0 Å². The molecule has 0 fully saturated rings. The summed E-state index contributed by atoms with van der Waals surface area (Å²) in [4.78, 5) is 152. The highest BCUT2D eigenvalue weighted by molar-refractivity contribution is 7.80. The van der Waals surface area contributed by atoms with Crippen LogP contribution in [0.25, 0.3) is 0 Å². The molecule has 1 rings (SSSR count). The van der Waals surface area contributed by atoms with Crippen molar-refractivity contribution in [2.75, 3.05) is 38.5 Å². The Labute approximate surface area is 446 Å². The lowest BCUT2D eigenvalue weighted by Gasteiger charge is -2.29. The normalized spacial score (nSPS) is 14.3. The zero-order valence-electron chi connectivity index (χ0n) is 43.2. The van der Waals surface area contributed by atoms with Crippen molar-refractivity contribution in [1.29, 1.82) is 0 Å². The number of guanidine groups is 2. The Morgan fingerprint density at radius 3 is 1.50 bits per heavy atom. The number of benzene rings is 1. The average molecular weight is 1090 g/mol. The van der Waals surface area contributed by atoms with Gasteiger partial charge < -0.3 is 87.4 Å². The number of amides is 10. The fourth-order valence-electron chi connectivity index (χ4n) is 6.86. The Morgan fingerprint density at radius 2 is 1.01 bits per heavy atom. The van der Waals surface area contributed by atoms with Crippen LogP contribution in [0.4, 0.5) is 0 Å². The van der Waals surface area contributed by atoms with Crippen molar-refractivity contribution >= 4 is 89.6 Å². The molecule has 0 aliphatic rings. The van der Waals surface area contributed by atoms with Gasteiger partial charge in [0.2, 0.25) is 59.1 Å². The number of carbonyl (C=O) groups is 11. The summed E-state index contributed by atoms with van der Waals surface area (Å²) < 4.78 is 0. The minimum absolute atomic E-state index is 0.00117. The molecule has 0 heterocycles. The summed E-state index contributed by atoms with van der Waals surface area (Å²) in [5, 5.41) is 31.9. The number of nitrogens with one attached hydrogen (secondary N) is 9. The minimum Gasteiger partial charge on any atom is -0.481 e. The molecule has 0 spiro atoms. The average Bonchev–Trinajstić information content (AvgIpc) is 3.37. The van der Waals surface area contributed by atoms with Gasteiger partial charge in [0, 0.05) is 25.3 Å². The molecule has 0 bridgehead atoms. The second-order valence-electron chi connectivity index (χ2n) is 17.7. The number of carboxylic acids is 1. The number of primary amides is 1. The third-order valence-electron chi connectivity index (χ3n) is 11.5. The van der Waals surface area contributed by atoms with E-state index in [9.17, 15) is 57.8 Å². The highest BCUT2D eigenvalue weighted by Gasteiger charge is 2.36. The van der Waals surface area contributed by atoms with Crippen LogP contribution in [0.2, 0.25) is 0 Å². The number of aliphatic imine (C=N–C) groups is 2. The predicted molar refractivity (Wildman–Crippen MR) is 283 cm³/mol. The van der Waals surface area contributed by atoms with Crippen molar-refractivity contribution in [1.82, 2.24) is 47.9 Å². The molecule has 0 saturated heterocycles. The van der Waals surface area contributed by atoms with Gasteiger partial charge in [-0.15, -0.1) is 0 Å². The Hall–Kier alpha value is -7.76. The minimum atomic E-state index is -1.85. The van der Waals surface area contributed by atoms with Gasteiger partial charge in [0.25, 0.3) is 0 Å². The molecule has 1 aromatic rings. The smallest absolute Gasteiger partial charge is 0.305 e. The zero-order chi connectivity index (χ0) is 57.5. The number of carbonyl (C=O) groups excluding carboxylic acids is 10. The molecule has 0 unspecified atom stereocenters. The summed E-state index contributed by atoms with van der Waals surface area (Å²) in [5.41, 5.74) is 33.4. The van der Waals surface area contributed by atoms with Crippen LogP contribution < -0.4 is 82.3 Å². The monoisotopic (exact) mass is 1090 g/mol. The first kappa shape index (κ1) is 66.3. The summed E-state index contributed by atoms with van der Waals surface area (Å²) in [6.07, 6.45) is -0.350. The largest absolute Gasteiger partial charge is 0.481 e. The molecular formula is C46H77N17O12S. The number of thiol groups is 1. The Balaban J connectivity index is 3.33. The fraction of sp³-hybridized carbons (Fsp3) is 0.587. The van der Waals surface area contributed by atoms with Gasteiger partial charge in [-0.1, -0.05) is 70.9 Å². The van der Waals surface area contributed by atoms with E-state index in [0.29, 0.717) is 12.0 Å². The maximum atomic E-state index is 14.1. The molecule has 424 valence electrons. The first-order valence-electron chi connectivity index (χ1n) is 24.5. The molecule has 0 saturated carbocycles. The molecular weight excluding hydrogens is 1010 g/mol. The van der Waals surface area contributed by atoms with Crippen LogP contribution in [0, 0.1) is 11.8 Å². The summed E-state index contributed by atoms with van der Waals surface area (Å²) in [7, 11) is 0. The Morgan fingerprint density at radius 1 is 0.553 bits per heavy atom. The summed E-state index contributed by atoms with van der Waals surface area (Å²) >= 11 is 4.02. The molecule has 22 N–H and O–H groups in total. The number of hydrogen-bond donors (Lipinski definition) is 17. The first-order valence-corrected chi connectivity index (χ1v) is 25.1. The molecule has 1 aromatic carbocycles. The predicted octanol–water partition coefficient (Wildman–Crippen LogP) is -6.10. The van der Waals surface area contributed by atoms with E-state index < -0.39 is 145 Å². The van der Waals surface area contributed by atoms with Gasteiger partial charge >= 0.3 is 5.97 Å². The molecule has 0 aliphatic heterocycles. The fourth-order valence-corrected chi connectivity index (χ4v) is 7.02. The SMILES string of the molecule is CC[C@H](C)[C@H](NC(=O)[C@H](CCCN=C(N)N)NC(=O)[C@H](CC(=O)O)NC(=O)[C@@H](NC(=O)[C@H](CCCN=C(N)N)NC(=O)CNC(=O)CNC(=O)[C@H](Cc1ccccc1)NC(=O)[C@@H](N)CS)[C@@H](C)CC)C(=O)NCC(N)=O. The van der Waals surface area contributed by atoms with Gasteiger partial charge in [0.05, 0.1) is 32.1 Å². The van der Waals surface area contributed by atoms with E-state index >= 15 is 0 Å². The summed E-state index contributed by atoms with van der Waals surface area (Å²) in [6, 6.07) is -0.785. The zero-order valence-corrected chi connectivity index (χ0v) is 44.1. The molecule has 0 aromatic heterocycles. The van der Waals surface area contributed by atoms with Crippen LogP contribution in [0.5, 0.6) is 0 Å². The van der Waals surface area contributed by atoms with Crippen LogP contribution in [0.15, 0.2) is 40.3 Å². The van der Waals surface area contributed by atoms with E-state index in [-0.39, 0.29) is 69.3 Å². The number of nitrogens with two attached hydrogens (primary N) is 6. The lowest BCUT2D eigenvalue weighted by molar-refractivity contribution is -0.142. The van der Waals surface area contributed by atoms with Crippen LogP contribution in [0.3, 0.4) is 0 Å². The van der Waals surface area contributed by atoms with Gasteiger partial charge in [-0.25, -0.2) is 0 Å². The Kier molecular flexibility index (Phi) is 30.9. The topological polar surface area (TPSA) is 497 Å². The van der Waals surface area contributed by atoms with Crippen LogP contribution in [0.1, 0.15) is 78.2 Å². The van der Waals surface area contributed by atoms with Crippen molar-refractivity contribution in [3.8, 4) is 0 Å². The summed E-state index contributed by atoms with van der Waals surface area (Å²) in [5.74, 6) is -11.8. The van der Waals surface area contributed by atoms with Gasteiger partial charge in [0.15, 0.2) is 11.9 Å². The second-order valence-corrected chi connectivity index (χ2v) is 18.1. The van der Waals surface area contributed by atoms with Crippen molar-refractivity contribution in [2.45, 2.75) is 121 Å². The van der Waals surface area contributed by atoms with Gasteiger partial charge in [-0.3, -0.25) is 62.7 Å². The molecule has 76 heavy (non-hydrogen) atoms. The number of nitrogens with zero attached hydrogens (tertiary/aromatic N) is 2. The number of carboxylic acid groups (broad SMARTS) is 1. The molecule has 0 aliphatic carbocycles. The molecule has 29 nitrogen and oxygen atoms in total. The van der Waals surface area contributed by atoms with Gasteiger partial charge in [-0.05, 0) is 43.1 Å². The van der Waals surface area contributed by atoms with Crippen LogP contribution in [-0.2, 0) is 59.2 Å². The van der Waals surface area contributed by atoms with Crippen LogP contribution in [-0.4, -0.2) is 163 Å². The van der Waals surface area contributed by atoms with Crippen molar-refractivity contribution in [2.24, 2.45) is 56.2 Å².